The molecule has 0 aromatic rings. The quantitative estimate of drug-likeness (QED) is 0.506. The lowest BCUT2D eigenvalue weighted by Gasteiger charge is -2.06. The Labute approximate surface area is 78.4 Å². The molecule has 1 rings (SSSR count). The van der Waals surface area contributed by atoms with Crippen molar-refractivity contribution in [2.75, 3.05) is 6.61 Å². The highest BCUT2D eigenvalue weighted by molar-refractivity contribution is 5.70. The number of epoxide rings is 1. The first-order chi connectivity index (χ1) is 6.24. The molecule has 0 aromatic carbocycles. The van der Waals surface area contributed by atoms with Gasteiger partial charge < -0.3 is 9.84 Å². The molecule has 0 radical (unpaired) electrons. The Hall–Kier alpha value is -0.830. The van der Waals surface area contributed by atoms with E-state index in [1.807, 2.05) is 19.1 Å². The molecule has 3 nitrogen and oxygen atoms in total. The van der Waals surface area contributed by atoms with Crippen LogP contribution in [-0.4, -0.2) is 23.8 Å². The van der Waals surface area contributed by atoms with Gasteiger partial charge in [0.2, 0.25) is 0 Å². The number of carbonyl (C=O) groups is 1. The minimum atomic E-state index is -0.712. The molecule has 1 N–H and O–H groups in total. The summed E-state index contributed by atoms with van der Waals surface area (Å²) in [4.78, 5) is 10.8. The molecule has 0 aromatic heterocycles. The smallest absolute Gasteiger partial charge is 0.306 e. The van der Waals surface area contributed by atoms with E-state index >= 15 is 0 Å². The molecule has 0 amide bonds. The maximum atomic E-state index is 10.8. The van der Waals surface area contributed by atoms with E-state index in [1.54, 1.807) is 0 Å². The van der Waals surface area contributed by atoms with Gasteiger partial charge in [-0.2, -0.15) is 0 Å². The van der Waals surface area contributed by atoms with Crippen LogP contribution in [0.15, 0.2) is 12.2 Å². The van der Waals surface area contributed by atoms with Crippen LogP contribution in [0.3, 0.4) is 0 Å². The Morgan fingerprint density at radius 3 is 2.85 bits per heavy atom. The van der Waals surface area contributed by atoms with Crippen molar-refractivity contribution in [3.05, 3.63) is 12.2 Å². The van der Waals surface area contributed by atoms with Gasteiger partial charge in [-0.3, -0.25) is 4.79 Å². The fraction of sp³-hybridized carbons (Fsp3) is 0.700. The Kier molecular flexibility index (Phi) is 3.96. The minimum absolute atomic E-state index is 0.205. The highest BCUT2D eigenvalue weighted by Crippen LogP contribution is 2.22. The largest absolute Gasteiger partial charge is 0.481 e. The molecular formula is C10H16O3. The Balaban J connectivity index is 2.27. The number of rotatable bonds is 6. The van der Waals surface area contributed by atoms with Gasteiger partial charge in [0.25, 0.3) is 0 Å². The first-order valence-corrected chi connectivity index (χ1v) is 4.73. The van der Waals surface area contributed by atoms with Crippen molar-refractivity contribution in [3.8, 4) is 0 Å². The molecule has 13 heavy (non-hydrogen) atoms. The van der Waals surface area contributed by atoms with E-state index in [-0.39, 0.29) is 12.0 Å². The van der Waals surface area contributed by atoms with Crippen LogP contribution < -0.4 is 0 Å². The predicted octanol–water partition coefficient (Wildman–Crippen LogP) is 1.83. The molecule has 2 unspecified atom stereocenters. The third kappa shape index (κ3) is 4.08. The molecule has 0 spiro atoms. The van der Waals surface area contributed by atoms with Crippen LogP contribution in [-0.2, 0) is 9.53 Å². The molecule has 0 saturated carbocycles. The van der Waals surface area contributed by atoms with Crippen molar-refractivity contribution in [2.24, 2.45) is 5.92 Å². The number of carboxylic acid groups (broad SMARTS) is 1. The topological polar surface area (TPSA) is 49.8 Å². The van der Waals surface area contributed by atoms with Crippen molar-refractivity contribution in [2.45, 2.75) is 32.3 Å². The molecule has 3 heteroatoms. The molecular weight excluding hydrogens is 168 g/mol. The second-order valence-corrected chi connectivity index (χ2v) is 3.34. The standard InChI is InChI=1S/C10H16O3/c1-2-3-4-5-8(10(11)12)6-9-7-13-9/h3-4,8-9H,2,5-7H2,1H3,(H,11,12). The molecule has 0 aliphatic carbocycles. The van der Waals surface area contributed by atoms with Gasteiger partial charge in [-0.1, -0.05) is 19.1 Å². The van der Waals surface area contributed by atoms with Crippen molar-refractivity contribution >= 4 is 5.97 Å². The normalized spacial score (nSPS) is 23.3. The summed E-state index contributed by atoms with van der Waals surface area (Å²) in [6.07, 6.45) is 6.40. The highest BCUT2D eigenvalue weighted by atomic mass is 16.6. The third-order valence-corrected chi connectivity index (χ3v) is 2.12. The molecule has 74 valence electrons. The van der Waals surface area contributed by atoms with Crippen molar-refractivity contribution in [1.29, 1.82) is 0 Å². The SMILES string of the molecule is CCC=CCC(CC1CO1)C(=O)O. The molecule has 1 saturated heterocycles. The fourth-order valence-corrected chi connectivity index (χ4v) is 1.25. The monoisotopic (exact) mass is 184 g/mol. The van der Waals surface area contributed by atoms with E-state index in [2.05, 4.69) is 0 Å². The lowest BCUT2D eigenvalue weighted by molar-refractivity contribution is -0.142. The summed E-state index contributed by atoms with van der Waals surface area (Å²) in [5.74, 6) is -0.980. The molecule has 0 bridgehead atoms. The molecule has 1 aliphatic rings. The van der Waals surface area contributed by atoms with Crippen molar-refractivity contribution in [3.63, 3.8) is 0 Å². The average Bonchev–Trinajstić information content (AvgIpc) is 2.86. The fourth-order valence-electron chi connectivity index (χ4n) is 1.25. The van der Waals surface area contributed by atoms with E-state index in [9.17, 15) is 4.79 Å². The van der Waals surface area contributed by atoms with Crippen LogP contribution in [0.25, 0.3) is 0 Å². The maximum absolute atomic E-state index is 10.8. The van der Waals surface area contributed by atoms with Gasteiger partial charge in [0.05, 0.1) is 18.6 Å². The first kappa shape index (κ1) is 10.3. The summed E-state index contributed by atoms with van der Waals surface area (Å²) in [5.41, 5.74) is 0. The third-order valence-electron chi connectivity index (χ3n) is 2.12. The predicted molar refractivity (Wildman–Crippen MR) is 49.5 cm³/mol. The summed E-state index contributed by atoms with van der Waals surface area (Å²) < 4.78 is 5.01. The van der Waals surface area contributed by atoms with E-state index in [1.165, 1.54) is 0 Å². The summed E-state index contributed by atoms with van der Waals surface area (Å²) >= 11 is 0. The van der Waals surface area contributed by atoms with Gasteiger partial charge in [-0.15, -0.1) is 0 Å². The van der Waals surface area contributed by atoms with E-state index in [0.717, 1.165) is 13.0 Å². The van der Waals surface area contributed by atoms with Crippen LogP contribution in [0, 0.1) is 5.92 Å². The van der Waals surface area contributed by atoms with Crippen LogP contribution in [0.2, 0.25) is 0 Å². The zero-order valence-corrected chi connectivity index (χ0v) is 7.90. The number of aliphatic carboxylic acids is 1. The lowest BCUT2D eigenvalue weighted by Crippen LogP contribution is -2.15. The van der Waals surface area contributed by atoms with Gasteiger partial charge in [0.15, 0.2) is 0 Å². The Morgan fingerprint density at radius 2 is 2.38 bits per heavy atom. The van der Waals surface area contributed by atoms with Crippen molar-refractivity contribution < 1.29 is 14.6 Å². The van der Waals surface area contributed by atoms with E-state index < -0.39 is 5.97 Å². The van der Waals surface area contributed by atoms with Gasteiger partial charge in [0, 0.05) is 0 Å². The van der Waals surface area contributed by atoms with E-state index in [4.69, 9.17) is 9.84 Å². The molecule has 1 fully saturated rings. The summed E-state index contributed by atoms with van der Waals surface area (Å²) in [5, 5.41) is 8.86. The van der Waals surface area contributed by atoms with Crippen LogP contribution in [0.4, 0.5) is 0 Å². The second kappa shape index (κ2) is 5.02. The number of allylic oxidation sites excluding steroid dienone is 2. The zero-order valence-electron chi connectivity index (χ0n) is 7.90. The molecule has 1 heterocycles. The maximum Gasteiger partial charge on any atom is 0.306 e. The van der Waals surface area contributed by atoms with Gasteiger partial charge >= 0.3 is 5.97 Å². The van der Waals surface area contributed by atoms with Crippen LogP contribution in [0.1, 0.15) is 26.2 Å². The van der Waals surface area contributed by atoms with Crippen molar-refractivity contribution in [1.82, 2.24) is 0 Å². The number of hydrogen-bond donors (Lipinski definition) is 1. The van der Waals surface area contributed by atoms with E-state index in [0.29, 0.717) is 12.8 Å². The summed E-state index contributed by atoms with van der Waals surface area (Å²) in [6.45, 7) is 2.78. The number of hydrogen-bond acceptors (Lipinski definition) is 2. The molecule has 2 atom stereocenters. The first-order valence-electron chi connectivity index (χ1n) is 4.73. The van der Waals surface area contributed by atoms with Gasteiger partial charge in [-0.25, -0.2) is 0 Å². The molecule has 1 aliphatic heterocycles. The summed E-state index contributed by atoms with van der Waals surface area (Å²) in [6, 6.07) is 0. The van der Waals surface area contributed by atoms with Crippen LogP contribution >= 0.6 is 0 Å². The Bertz CT molecular complexity index is 194. The van der Waals surface area contributed by atoms with Gasteiger partial charge in [-0.05, 0) is 19.3 Å². The highest BCUT2D eigenvalue weighted by Gasteiger charge is 2.29. The second-order valence-electron chi connectivity index (χ2n) is 3.34. The summed E-state index contributed by atoms with van der Waals surface area (Å²) in [7, 11) is 0. The average molecular weight is 184 g/mol. The lowest BCUT2D eigenvalue weighted by atomic mass is 9.99. The Morgan fingerprint density at radius 1 is 1.69 bits per heavy atom. The zero-order chi connectivity index (χ0) is 9.68. The number of carboxylic acids is 1. The van der Waals surface area contributed by atoms with Crippen LogP contribution in [0.5, 0.6) is 0 Å². The van der Waals surface area contributed by atoms with Gasteiger partial charge in [0.1, 0.15) is 0 Å². The number of ether oxygens (including phenoxy) is 1. The minimum Gasteiger partial charge on any atom is -0.481 e.